The largest absolute Gasteiger partial charge is 0.462 e. The number of nitrogens with one attached hydrogen (secondary N) is 1. The molecule has 5 nitrogen and oxygen atoms in total. The number of thiophene rings is 1. The minimum Gasteiger partial charge on any atom is -0.462 e. The summed E-state index contributed by atoms with van der Waals surface area (Å²) < 4.78 is 11.0. The van der Waals surface area contributed by atoms with Crippen molar-refractivity contribution in [2.45, 2.75) is 20.8 Å². The number of carbonyl (C=O) groups is 2. The van der Waals surface area contributed by atoms with Crippen LogP contribution >= 0.6 is 27.3 Å². The van der Waals surface area contributed by atoms with Gasteiger partial charge < -0.3 is 14.5 Å². The van der Waals surface area contributed by atoms with Crippen molar-refractivity contribution in [2.24, 2.45) is 0 Å². The number of amides is 1. The van der Waals surface area contributed by atoms with E-state index in [1.165, 1.54) is 16.9 Å². The Morgan fingerprint density at radius 2 is 1.96 bits per heavy atom. The monoisotopic (exact) mass is 447 g/mol. The van der Waals surface area contributed by atoms with Crippen molar-refractivity contribution in [3.05, 3.63) is 62.8 Å². The van der Waals surface area contributed by atoms with Gasteiger partial charge in [-0.3, -0.25) is 4.79 Å². The van der Waals surface area contributed by atoms with Gasteiger partial charge in [-0.05, 0) is 65.5 Å². The molecule has 0 bridgehead atoms. The lowest BCUT2D eigenvalue weighted by Crippen LogP contribution is -2.14. The molecule has 140 valence electrons. The maximum atomic E-state index is 12.6. The summed E-state index contributed by atoms with van der Waals surface area (Å²) >= 11 is 4.45. The van der Waals surface area contributed by atoms with E-state index in [1.807, 2.05) is 37.4 Å². The van der Waals surface area contributed by atoms with Gasteiger partial charge in [0.1, 0.15) is 10.6 Å². The van der Waals surface area contributed by atoms with E-state index < -0.39 is 11.9 Å². The molecule has 2 aromatic heterocycles. The number of aryl methyl sites for hydroxylation is 2. The van der Waals surface area contributed by atoms with Crippen LogP contribution in [0.25, 0.3) is 11.1 Å². The molecule has 3 rings (SSSR count). The van der Waals surface area contributed by atoms with Crippen LogP contribution in [-0.4, -0.2) is 18.5 Å². The average Bonchev–Trinajstić information content (AvgIpc) is 3.24. The van der Waals surface area contributed by atoms with Crippen LogP contribution in [0.4, 0.5) is 5.00 Å². The van der Waals surface area contributed by atoms with E-state index in [9.17, 15) is 9.59 Å². The second kappa shape index (κ2) is 8.10. The fourth-order valence-electron chi connectivity index (χ4n) is 2.58. The average molecular weight is 448 g/mol. The van der Waals surface area contributed by atoms with Crippen LogP contribution in [0, 0.1) is 13.8 Å². The third-order valence-electron chi connectivity index (χ3n) is 4.11. The minimum atomic E-state index is -0.470. The van der Waals surface area contributed by atoms with Crippen molar-refractivity contribution in [1.82, 2.24) is 0 Å². The van der Waals surface area contributed by atoms with Crippen molar-refractivity contribution in [1.29, 1.82) is 0 Å². The summed E-state index contributed by atoms with van der Waals surface area (Å²) in [4.78, 5) is 25.0. The Morgan fingerprint density at radius 1 is 1.19 bits per heavy atom. The second-order valence-electron chi connectivity index (χ2n) is 5.93. The van der Waals surface area contributed by atoms with Gasteiger partial charge in [0.2, 0.25) is 0 Å². The first-order valence-electron chi connectivity index (χ1n) is 8.33. The summed E-state index contributed by atoms with van der Waals surface area (Å²) in [5.74, 6) is -0.750. The summed E-state index contributed by atoms with van der Waals surface area (Å²) in [5.41, 5.74) is 4.28. The highest BCUT2D eigenvalue weighted by Crippen LogP contribution is 2.37. The first kappa shape index (κ1) is 19.4. The van der Waals surface area contributed by atoms with E-state index in [0.717, 1.165) is 16.7 Å². The zero-order valence-electron chi connectivity index (χ0n) is 15.1. The molecule has 27 heavy (non-hydrogen) atoms. The van der Waals surface area contributed by atoms with Crippen LogP contribution in [0.3, 0.4) is 0 Å². The summed E-state index contributed by atoms with van der Waals surface area (Å²) in [6, 6.07) is 9.19. The molecule has 0 unspecified atom stereocenters. The summed E-state index contributed by atoms with van der Waals surface area (Å²) in [6.45, 7) is 6.05. The minimum absolute atomic E-state index is 0.151. The van der Waals surface area contributed by atoms with Crippen molar-refractivity contribution in [3.8, 4) is 11.1 Å². The molecule has 2 heterocycles. The van der Waals surface area contributed by atoms with Gasteiger partial charge in [-0.15, -0.1) is 11.3 Å². The standard InChI is InChI=1S/C20H18BrNO4S/c1-4-25-20(24)17-14(13-6-5-11(2)12(3)9-13)10-27-19(17)22-18(23)15-7-8-16(21)26-15/h5-10H,4H2,1-3H3,(H,22,23). The number of furan rings is 1. The van der Waals surface area contributed by atoms with Crippen LogP contribution in [0.5, 0.6) is 0 Å². The second-order valence-corrected chi connectivity index (χ2v) is 7.59. The molecular formula is C20H18BrNO4S. The van der Waals surface area contributed by atoms with Gasteiger partial charge in [0, 0.05) is 10.9 Å². The van der Waals surface area contributed by atoms with Crippen LogP contribution in [-0.2, 0) is 4.74 Å². The Balaban J connectivity index is 2.01. The van der Waals surface area contributed by atoms with Crippen molar-refractivity contribution >= 4 is 44.1 Å². The van der Waals surface area contributed by atoms with Crippen molar-refractivity contribution in [2.75, 3.05) is 11.9 Å². The van der Waals surface area contributed by atoms with Crippen LogP contribution in [0.15, 0.2) is 44.8 Å². The highest BCUT2D eigenvalue weighted by atomic mass is 79.9. The molecule has 0 atom stereocenters. The third-order valence-corrected chi connectivity index (χ3v) is 5.43. The predicted octanol–water partition coefficient (Wildman–Crippen LogP) is 5.82. The summed E-state index contributed by atoms with van der Waals surface area (Å²) in [5, 5.41) is 5.04. The van der Waals surface area contributed by atoms with Crippen molar-refractivity contribution < 1.29 is 18.7 Å². The van der Waals surface area contributed by atoms with E-state index in [1.54, 1.807) is 19.1 Å². The number of carbonyl (C=O) groups excluding carboxylic acids is 2. The number of rotatable bonds is 5. The molecule has 0 aliphatic rings. The lowest BCUT2D eigenvalue weighted by atomic mass is 9.99. The van der Waals surface area contributed by atoms with E-state index in [-0.39, 0.29) is 12.4 Å². The molecule has 0 saturated heterocycles. The summed E-state index contributed by atoms with van der Waals surface area (Å²) in [6.07, 6.45) is 0. The summed E-state index contributed by atoms with van der Waals surface area (Å²) in [7, 11) is 0. The maximum Gasteiger partial charge on any atom is 0.341 e. The number of halogens is 1. The molecular weight excluding hydrogens is 430 g/mol. The fourth-order valence-corrected chi connectivity index (χ4v) is 3.84. The first-order chi connectivity index (χ1) is 12.9. The molecule has 7 heteroatoms. The van der Waals surface area contributed by atoms with Gasteiger partial charge in [0.25, 0.3) is 5.91 Å². The lowest BCUT2D eigenvalue weighted by molar-refractivity contribution is 0.0529. The van der Waals surface area contributed by atoms with Crippen LogP contribution in [0.1, 0.15) is 39.0 Å². The Labute approximate surface area is 169 Å². The Bertz CT molecular complexity index is 1010. The number of benzene rings is 1. The molecule has 1 amide bonds. The predicted molar refractivity (Wildman–Crippen MR) is 110 cm³/mol. The van der Waals surface area contributed by atoms with Gasteiger partial charge in [-0.1, -0.05) is 18.2 Å². The fraction of sp³-hybridized carbons (Fsp3) is 0.200. The molecule has 0 radical (unpaired) electrons. The molecule has 3 aromatic rings. The molecule has 0 spiro atoms. The van der Waals surface area contributed by atoms with Gasteiger partial charge in [-0.2, -0.15) is 0 Å². The van der Waals surface area contributed by atoms with E-state index in [2.05, 4.69) is 21.2 Å². The quantitative estimate of drug-likeness (QED) is 0.500. The molecule has 0 fully saturated rings. The number of hydrogen-bond acceptors (Lipinski definition) is 5. The highest BCUT2D eigenvalue weighted by molar-refractivity contribution is 9.10. The van der Waals surface area contributed by atoms with Gasteiger partial charge in [0.05, 0.1) is 6.61 Å². The maximum absolute atomic E-state index is 12.6. The van der Waals surface area contributed by atoms with E-state index >= 15 is 0 Å². The van der Waals surface area contributed by atoms with Crippen LogP contribution in [0.2, 0.25) is 0 Å². The molecule has 0 aliphatic carbocycles. The zero-order chi connectivity index (χ0) is 19.6. The molecule has 0 saturated carbocycles. The third kappa shape index (κ3) is 4.14. The van der Waals surface area contributed by atoms with Crippen LogP contribution < -0.4 is 5.32 Å². The lowest BCUT2D eigenvalue weighted by Gasteiger charge is -2.09. The number of anilines is 1. The number of esters is 1. The first-order valence-corrected chi connectivity index (χ1v) is 10.0. The zero-order valence-corrected chi connectivity index (χ0v) is 17.5. The van der Waals surface area contributed by atoms with E-state index in [4.69, 9.17) is 9.15 Å². The molecule has 1 aromatic carbocycles. The normalized spacial score (nSPS) is 10.7. The van der Waals surface area contributed by atoms with Gasteiger partial charge in [0.15, 0.2) is 10.4 Å². The number of hydrogen-bond donors (Lipinski definition) is 1. The highest BCUT2D eigenvalue weighted by Gasteiger charge is 2.24. The smallest absolute Gasteiger partial charge is 0.341 e. The van der Waals surface area contributed by atoms with Crippen molar-refractivity contribution in [3.63, 3.8) is 0 Å². The molecule has 0 aliphatic heterocycles. The van der Waals surface area contributed by atoms with Gasteiger partial charge in [-0.25, -0.2) is 4.79 Å². The SMILES string of the molecule is CCOC(=O)c1c(-c2ccc(C)c(C)c2)csc1NC(=O)c1ccc(Br)o1. The van der Waals surface area contributed by atoms with E-state index in [0.29, 0.717) is 15.2 Å². The Kier molecular flexibility index (Phi) is 5.82. The number of ether oxygens (including phenoxy) is 1. The van der Waals surface area contributed by atoms with Gasteiger partial charge >= 0.3 is 5.97 Å². The topological polar surface area (TPSA) is 68.5 Å². The Morgan fingerprint density at radius 3 is 2.59 bits per heavy atom. The Hall–Kier alpha value is -2.38. The molecule has 1 N–H and O–H groups in total.